The molecule has 4 rings (SSSR count). The van der Waals surface area contributed by atoms with Gasteiger partial charge in [0.15, 0.2) is 0 Å². The van der Waals surface area contributed by atoms with E-state index < -0.39 is 10.7 Å². The summed E-state index contributed by atoms with van der Waals surface area (Å²) in [5.74, 6) is 0.322. The van der Waals surface area contributed by atoms with Gasteiger partial charge in [-0.1, -0.05) is 18.2 Å². The van der Waals surface area contributed by atoms with E-state index in [4.69, 9.17) is 9.15 Å². The first-order valence-electron chi connectivity index (χ1n) is 11.2. The minimum Gasteiger partial charge on any atom is -0.487 e. The van der Waals surface area contributed by atoms with Crippen LogP contribution in [0.25, 0.3) is 12.2 Å². The SMILES string of the molecule is O=[N+]([O-])c1ccc(/C=C/c2nc(COc3ccc(CCCCc4cccnc4)cc3)co2)c(F)c1. The van der Waals surface area contributed by atoms with E-state index in [0.717, 1.165) is 37.5 Å². The van der Waals surface area contributed by atoms with Gasteiger partial charge in [-0.05, 0) is 67.2 Å². The average molecular weight is 474 g/mol. The van der Waals surface area contributed by atoms with Crippen molar-refractivity contribution >= 4 is 17.8 Å². The molecule has 0 spiro atoms. The van der Waals surface area contributed by atoms with Crippen molar-refractivity contribution in [1.82, 2.24) is 9.97 Å². The van der Waals surface area contributed by atoms with E-state index in [1.807, 2.05) is 24.4 Å². The monoisotopic (exact) mass is 473 g/mol. The van der Waals surface area contributed by atoms with Gasteiger partial charge in [0.05, 0.1) is 11.0 Å². The first-order chi connectivity index (χ1) is 17.1. The van der Waals surface area contributed by atoms with E-state index in [-0.39, 0.29) is 23.7 Å². The summed E-state index contributed by atoms with van der Waals surface area (Å²) in [5, 5.41) is 10.7. The molecule has 0 bridgehead atoms. The van der Waals surface area contributed by atoms with Crippen molar-refractivity contribution in [2.75, 3.05) is 0 Å². The Morgan fingerprint density at radius 3 is 2.54 bits per heavy atom. The molecule has 178 valence electrons. The Morgan fingerprint density at radius 1 is 1.03 bits per heavy atom. The number of nitro benzene ring substituents is 1. The Hall–Kier alpha value is -4.33. The zero-order valence-electron chi connectivity index (χ0n) is 19.0. The molecule has 0 atom stereocenters. The number of ether oxygens (including phenoxy) is 1. The predicted molar refractivity (Wildman–Crippen MR) is 130 cm³/mol. The zero-order chi connectivity index (χ0) is 24.5. The lowest BCUT2D eigenvalue weighted by Crippen LogP contribution is -1.96. The molecule has 35 heavy (non-hydrogen) atoms. The van der Waals surface area contributed by atoms with Crippen LogP contribution in [0, 0.1) is 15.9 Å². The molecule has 0 unspecified atom stereocenters. The van der Waals surface area contributed by atoms with E-state index >= 15 is 0 Å². The second-order valence-electron chi connectivity index (χ2n) is 7.97. The molecule has 0 radical (unpaired) electrons. The van der Waals surface area contributed by atoms with E-state index in [2.05, 4.69) is 28.2 Å². The van der Waals surface area contributed by atoms with Gasteiger partial charge in [0.25, 0.3) is 5.69 Å². The van der Waals surface area contributed by atoms with Gasteiger partial charge < -0.3 is 9.15 Å². The smallest absolute Gasteiger partial charge is 0.272 e. The quantitative estimate of drug-likeness (QED) is 0.142. The Balaban J connectivity index is 1.22. The number of oxazole rings is 1. The lowest BCUT2D eigenvalue weighted by atomic mass is 10.0. The number of nitro groups is 1. The zero-order valence-corrected chi connectivity index (χ0v) is 19.0. The summed E-state index contributed by atoms with van der Waals surface area (Å²) >= 11 is 0. The minimum atomic E-state index is -0.692. The van der Waals surface area contributed by atoms with Gasteiger partial charge in [0, 0.05) is 30.1 Å². The van der Waals surface area contributed by atoms with Gasteiger partial charge >= 0.3 is 0 Å². The first-order valence-corrected chi connectivity index (χ1v) is 11.2. The fourth-order valence-electron chi connectivity index (χ4n) is 3.51. The van der Waals surface area contributed by atoms with Gasteiger partial charge in [0.1, 0.15) is 30.1 Å². The van der Waals surface area contributed by atoms with Crippen molar-refractivity contribution in [3.05, 3.63) is 117 Å². The molecule has 0 saturated carbocycles. The molecule has 0 N–H and O–H groups in total. The van der Waals surface area contributed by atoms with Gasteiger partial charge in [-0.15, -0.1) is 0 Å². The third-order valence-electron chi connectivity index (χ3n) is 5.38. The number of aryl methyl sites for hydroxylation is 2. The minimum absolute atomic E-state index is 0.198. The lowest BCUT2D eigenvalue weighted by Gasteiger charge is -2.06. The molecule has 2 heterocycles. The number of hydrogen-bond acceptors (Lipinski definition) is 6. The summed E-state index contributed by atoms with van der Waals surface area (Å²) in [6, 6.07) is 15.5. The second kappa shape index (κ2) is 11.7. The number of pyridine rings is 1. The van der Waals surface area contributed by atoms with Crippen LogP contribution in [0.4, 0.5) is 10.1 Å². The highest BCUT2D eigenvalue weighted by Gasteiger charge is 2.09. The van der Waals surface area contributed by atoms with Crippen molar-refractivity contribution in [2.45, 2.75) is 32.3 Å². The first kappa shape index (κ1) is 23.8. The number of halogens is 1. The fourth-order valence-corrected chi connectivity index (χ4v) is 3.51. The van der Waals surface area contributed by atoms with Crippen LogP contribution in [0.2, 0.25) is 0 Å². The molecule has 0 aliphatic rings. The van der Waals surface area contributed by atoms with Crippen molar-refractivity contribution in [3.8, 4) is 5.75 Å². The topological polar surface area (TPSA) is 91.3 Å². The third-order valence-corrected chi connectivity index (χ3v) is 5.38. The molecule has 0 aliphatic heterocycles. The van der Waals surface area contributed by atoms with Crippen LogP contribution in [0.3, 0.4) is 0 Å². The number of nitrogens with zero attached hydrogens (tertiary/aromatic N) is 3. The number of hydrogen-bond donors (Lipinski definition) is 0. The Bertz CT molecular complexity index is 1290. The Morgan fingerprint density at radius 2 is 1.83 bits per heavy atom. The summed E-state index contributed by atoms with van der Waals surface area (Å²) in [6.45, 7) is 0.230. The number of non-ortho nitro benzene ring substituents is 1. The maximum atomic E-state index is 14.0. The molecule has 0 saturated heterocycles. The van der Waals surface area contributed by atoms with Gasteiger partial charge in [-0.2, -0.15) is 0 Å². The Labute approximate surface area is 202 Å². The average Bonchev–Trinajstić information content (AvgIpc) is 3.34. The maximum absolute atomic E-state index is 14.0. The number of rotatable bonds is 11. The van der Waals surface area contributed by atoms with Crippen molar-refractivity contribution in [1.29, 1.82) is 0 Å². The van der Waals surface area contributed by atoms with Gasteiger partial charge in [0.2, 0.25) is 5.89 Å². The number of aromatic nitrogens is 2. The highest BCUT2D eigenvalue weighted by atomic mass is 19.1. The molecule has 4 aromatic rings. The van der Waals surface area contributed by atoms with E-state index in [9.17, 15) is 14.5 Å². The highest BCUT2D eigenvalue weighted by molar-refractivity contribution is 5.67. The third kappa shape index (κ3) is 7.07. The number of benzene rings is 2. The summed E-state index contributed by atoms with van der Waals surface area (Å²) < 4.78 is 25.1. The van der Waals surface area contributed by atoms with Crippen LogP contribution in [0.5, 0.6) is 5.75 Å². The molecule has 0 amide bonds. The van der Waals surface area contributed by atoms with Crippen LogP contribution in [0.1, 0.15) is 41.1 Å². The van der Waals surface area contributed by atoms with Crippen LogP contribution in [0.15, 0.2) is 77.7 Å². The molecular weight excluding hydrogens is 449 g/mol. The number of unbranched alkanes of at least 4 members (excludes halogenated alkanes) is 1. The molecule has 0 aliphatic carbocycles. The maximum Gasteiger partial charge on any atom is 0.272 e. The largest absolute Gasteiger partial charge is 0.487 e. The fraction of sp³-hybridized carbons (Fsp3) is 0.185. The van der Waals surface area contributed by atoms with Crippen molar-refractivity contribution < 1.29 is 18.5 Å². The predicted octanol–water partition coefficient (Wildman–Crippen LogP) is 6.43. The highest BCUT2D eigenvalue weighted by Crippen LogP contribution is 2.19. The van der Waals surface area contributed by atoms with Crippen LogP contribution in [-0.4, -0.2) is 14.9 Å². The van der Waals surface area contributed by atoms with E-state index in [0.29, 0.717) is 5.69 Å². The molecule has 2 aromatic heterocycles. The van der Waals surface area contributed by atoms with Crippen molar-refractivity contribution in [2.24, 2.45) is 0 Å². The molecule has 2 aromatic carbocycles. The van der Waals surface area contributed by atoms with Crippen LogP contribution < -0.4 is 4.74 Å². The van der Waals surface area contributed by atoms with Gasteiger partial charge in [-0.25, -0.2) is 9.37 Å². The van der Waals surface area contributed by atoms with E-state index in [1.165, 1.54) is 41.7 Å². The van der Waals surface area contributed by atoms with Crippen molar-refractivity contribution in [3.63, 3.8) is 0 Å². The van der Waals surface area contributed by atoms with Crippen LogP contribution in [-0.2, 0) is 19.4 Å². The summed E-state index contributed by atoms with van der Waals surface area (Å²) in [4.78, 5) is 18.5. The molecule has 0 fully saturated rings. The molecule has 7 nitrogen and oxygen atoms in total. The normalized spacial score (nSPS) is 11.1. The Kier molecular flexibility index (Phi) is 7.96. The summed E-state index contributed by atoms with van der Waals surface area (Å²) in [7, 11) is 0. The summed E-state index contributed by atoms with van der Waals surface area (Å²) in [5.41, 5.74) is 3.01. The standard InChI is InChI=1S/C27H24FN3O4/c28-26-16-24(31(32)33)11-9-22(26)10-14-27-30-23(19-35-27)18-34-25-12-7-20(8-13-25)4-1-2-5-21-6-3-15-29-17-21/h3,6-17,19H,1-2,4-5,18H2/b14-10+. The van der Waals surface area contributed by atoms with Crippen LogP contribution >= 0.6 is 0 Å². The van der Waals surface area contributed by atoms with Gasteiger partial charge in [-0.3, -0.25) is 15.1 Å². The molecular formula is C27H24FN3O4. The second-order valence-corrected chi connectivity index (χ2v) is 7.97. The lowest BCUT2D eigenvalue weighted by molar-refractivity contribution is -0.385. The van der Waals surface area contributed by atoms with E-state index in [1.54, 1.807) is 6.20 Å². The molecule has 8 heteroatoms. The summed E-state index contributed by atoms with van der Waals surface area (Å²) in [6.07, 6.45) is 12.4.